The van der Waals surface area contributed by atoms with E-state index < -0.39 is 17.7 Å². The second-order valence-corrected chi connectivity index (χ2v) is 8.85. The van der Waals surface area contributed by atoms with Crippen molar-refractivity contribution in [3.8, 4) is 0 Å². The van der Waals surface area contributed by atoms with E-state index >= 15 is 0 Å². The van der Waals surface area contributed by atoms with Crippen LogP contribution in [0.3, 0.4) is 0 Å². The highest BCUT2D eigenvalue weighted by molar-refractivity contribution is 9.10. The minimum Gasteiger partial charge on any atom is -0.505 e. The first-order valence-electron chi connectivity index (χ1n) is 10.5. The lowest BCUT2D eigenvalue weighted by Gasteiger charge is -2.25. The molecular formula is C26H20BrN3O3. The van der Waals surface area contributed by atoms with Crippen LogP contribution in [0.15, 0.2) is 89.0 Å². The summed E-state index contributed by atoms with van der Waals surface area (Å²) in [4.78, 5) is 32.5. The number of amides is 1. The Morgan fingerprint density at radius 3 is 2.42 bits per heavy atom. The first-order valence-corrected chi connectivity index (χ1v) is 11.3. The summed E-state index contributed by atoms with van der Waals surface area (Å²) in [5, 5.41) is 11.5. The second kappa shape index (κ2) is 8.33. The number of aryl methyl sites for hydroxylation is 1. The molecule has 1 saturated heterocycles. The molecule has 5 rings (SSSR count). The van der Waals surface area contributed by atoms with Crippen LogP contribution < -0.4 is 0 Å². The van der Waals surface area contributed by atoms with Gasteiger partial charge in [0.15, 0.2) is 5.76 Å². The van der Waals surface area contributed by atoms with Crippen molar-refractivity contribution in [2.24, 2.45) is 0 Å². The summed E-state index contributed by atoms with van der Waals surface area (Å²) in [6.07, 6.45) is 1.78. The molecule has 164 valence electrons. The molecule has 3 heterocycles. The van der Waals surface area contributed by atoms with E-state index in [4.69, 9.17) is 0 Å². The maximum atomic E-state index is 13.3. The summed E-state index contributed by atoms with van der Waals surface area (Å²) >= 11 is 3.44. The molecule has 0 bridgehead atoms. The fourth-order valence-electron chi connectivity index (χ4n) is 4.34. The van der Waals surface area contributed by atoms with E-state index in [0.717, 1.165) is 15.6 Å². The van der Waals surface area contributed by atoms with Gasteiger partial charge in [0.25, 0.3) is 11.7 Å². The first kappa shape index (κ1) is 21.2. The van der Waals surface area contributed by atoms with Crippen molar-refractivity contribution in [1.29, 1.82) is 0 Å². The normalized spacial score (nSPS) is 17.8. The van der Waals surface area contributed by atoms with E-state index in [1.165, 1.54) is 4.90 Å². The Kier molecular flexibility index (Phi) is 5.34. The van der Waals surface area contributed by atoms with E-state index in [9.17, 15) is 14.7 Å². The number of carbonyl (C=O) groups is 2. The van der Waals surface area contributed by atoms with Gasteiger partial charge in [-0.3, -0.25) is 14.0 Å². The van der Waals surface area contributed by atoms with Crippen molar-refractivity contribution in [1.82, 2.24) is 14.3 Å². The average Bonchev–Trinajstić information content (AvgIpc) is 3.28. The van der Waals surface area contributed by atoms with Gasteiger partial charge in [-0.25, -0.2) is 4.98 Å². The lowest BCUT2D eigenvalue weighted by Crippen LogP contribution is -2.29. The molecule has 0 radical (unpaired) electrons. The Bertz CT molecular complexity index is 1410. The van der Waals surface area contributed by atoms with Gasteiger partial charge >= 0.3 is 0 Å². The summed E-state index contributed by atoms with van der Waals surface area (Å²) in [5.74, 6) is -1.57. The number of carbonyl (C=O) groups excluding carboxylic acids is 2. The van der Waals surface area contributed by atoms with Gasteiger partial charge in [-0.15, -0.1) is 0 Å². The Labute approximate surface area is 198 Å². The minimum atomic E-state index is -0.730. The summed E-state index contributed by atoms with van der Waals surface area (Å²) in [5.41, 5.74) is 3.32. The summed E-state index contributed by atoms with van der Waals surface area (Å²) < 4.78 is 2.61. The number of aliphatic hydroxyl groups excluding tert-OH is 1. The Hall–Kier alpha value is -3.71. The third-order valence-electron chi connectivity index (χ3n) is 5.85. The number of hydrogen-bond donors (Lipinski definition) is 1. The van der Waals surface area contributed by atoms with Crippen molar-refractivity contribution in [2.75, 3.05) is 0 Å². The molecule has 2 aromatic carbocycles. The van der Waals surface area contributed by atoms with Gasteiger partial charge in [-0.05, 0) is 42.3 Å². The Balaban J connectivity index is 1.72. The molecule has 4 aromatic rings. The molecule has 1 fully saturated rings. The lowest BCUT2D eigenvalue weighted by atomic mass is 9.96. The number of aromatic nitrogens is 2. The number of Topliss-reactive ketones (excluding diaryl/α,β-unsaturated/α-hetero) is 1. The van der Waals surface area contributed by atoms with Crippen LogP contribution >= 0.6 is 15.9 Å². The van der Waals surface area contributed by atoms with E-state index in [2.05, 4.69) is 20.9 Å². The molecule has 7 heteroatoms. The maximum Gasteiger partial charge on any atom is 0.295 e. The number of likely N-dealkylation sites (tertiary alicyclic amines) is 1. The SMILES string of the molecule is Cc1nc2ccccn2c1C(O)=C1C(=O)C(=O)N(Cc2ccccc2)C1c1ccc(Br)cc1. The quantitative estimate of drug-likeness (QED) is 0.242. The monoisotopic (exact) mass is 501 g/mol. The van der Waals surface area contributed by atoms with Gasteiger partial charge in [-0.1, -0.05) is 64.5 Å². The minimum absolute atomic E-state index is 0.0620. The zero-order chi connectivity index (χ0) is 23.1. The molecule has 0 saturated carbocycles. The molecule has 2 aromatic heterocycles. The first-order chi connectivity index (χ1) is 16.0. The van der Waals surface area contributed by atoms with E-state index in [0.29, 0.717) is 17.0 Å². The van der Waals surface area contributed by atoms with Crippen molar-refractivity contribution < 1.29 is 14.7 Å². The van der Waals surface area contributed by atoms with Gasteiger partial charge < -0.3 is 10.0 Å². The lowest BCUT2D eigenvalue weighted by molar-refractivity contribution is -0.140. The summed E-state index contributed by atoms with van der Waals surface area (Å²) in [7, 11) is 0. The number of pyridine rings is 1. The molecule has 0 aliphatic carbocycles. The number of imidazole rings is 1. The Morgan fingerprint density at radius 2 is 1.70 bits per heavy atom. The van der Waals surface area contributed by atoms with Crippen LogP contribution in [0.5, 0.6) is 0 Å². The van der Waals surface area contributed by atoms with Crippen molar-refractivity contribution in [3.05, 3.63) is 112 Å². The van der Waals surface area contributed by atoms with Crippen LogP contribution in [-0.4, -0.2) is 31.1 Å². The zero-order valence-corrected chi connectivity index (χ0v) is 19.4. The van der Waals surface area contributed by atoms with Crippen LogP contribution in [0.25, 0.3) is 11.4 Å². The van der Waals surface area contributed by atoms with E-state index in [1.54, 1.807) is 17.5 Å². The number of ketones is 1. The van der Waals surface area contributed by atoms with Crippen LogP contribution in [0.1, 0.15) is 28.6 Å². The number of rotatable bonds is 4. The molecule has 1 N–H and O–H groups in total. The number of halogens is 1. The standard InChI is InChI=1S/C26H20BrN3O3/c1-16-22(29-14-6-5-9-20(29)28-16)24(31)21-23(18-10-12-19(27)13-11-18)30(26(33)25(21)32)15-17-7-3-2-4-8-17/h2-14,23,31H,15H2,1H3. The summed E-state index contributed by atoms with van der Waals surface area (Å²) in [6, 6.07) is 21.7. The van der Waals surface area contributed by atoms with Crippen LogP contribution in [-0.2, 0) is 16.1 Å². The van der Waals surface area contributed by atoms with Crippen LogP contribution in [0.2, 0.25) is 0 Å². The molecule has 1 amide bonds. The maximum absolute atomic E-state index is 13.3. The molecule has 0 spiro atoms. The topological polar surface area (TPSA) is 74.9 Å². The third-order valence-corrected chi connectivity index (χ3v) is 6.38. The molecule has 1 atom stereocenters. The average molecular weight is 502 g/mol. The van der Waals surface area contributed by atoms with Gasteiger partial charge in [0.1, 0.15) is 11.3 Å². The van der Waals surface area contributed by atoms with Crippen molar-refractivity contribution in [3.63, 3.8) is 0 Å². The molecule has 33 heavy (non-hydrogen) atoms. The number of fused-ring (bicyclic) bond motifs is 1. The van der Waals surface area contributed by atoms with Gasteiger partial charge in [0.2, 0.25) is 0 Å². The number of nitrogens with zero attached hydrogens (tertiary/aromatic N) is 3. The fourth-order valence-corrected chi connectivity index (χ4v) is 4.61. The zero-order valence-electron chi connectivity index (χ0n) is 17.8. The number of aliphatic hydroxyl groups is 1. The van der Waals surface area contributed by atoms with Crippen LogP contribution in [0, 0.1) is 6.92 Å². The highest BCUT2D eigenvalue weighted by Crippen LogP contribution is 2.41. The van der Waals surface area contributed by atoms with E-state index in [-0.39, 0.29) is 17.9 Å². The highest BCUT2D eigenvalue weighted by atomic mass is 79.9. The fraction of sp³-hybridized carbons (Fsp3) is 0.115. The second-order valence-electron chi connectivity index (χ2n) is 7.94. The van der Waals surface area contributed by atoms with E-state index in [1.807, 2.05) is 72.8 Å². The van der Waals surface area contributed by atoms with Crippen molar-refractivity contribution >= 4 is 39.0 Å². The van der Waals surface area contributed by atoms with Crippen molar-refractivity contribution in [2.45, 2.75) is 19.5 Å². The predicted octanol–water partition coefficient (Wildman–Crippen LogP) is 5.03. The molecular weight excluding hydrogens is 482 g/mol. The summed E-state index contributed by atoms with van der Waals surface area (Å²) in [6.45, 7) is 2.02. The smallest absolute Gasteiger partial charge is 0.295 e. The molecule has 1 aliphatic heterocycles. The number of benzene rings is 2. The van der Waals surface area contributed by atoms with Gasteiger partial charge in [0.05, 0.1) is 17.3 Å². The molecule has 6 nitrogen and oxygen atoms in total. The third kappa shape index (κ3) is 3.64. The molecule has 1 unspecified atom stereocenters. The number of hydrogen-bond acceptors (Lipinski definition) is 4. The molecule has 1 aliphatic rings. The Morgan fingerprint density at radius 1 is 1.00 bits per heavy atom. The van der Waals surface area contributed by atoms with Gasteiger partial charge in [0, 0.05) is 17.2 Å². The largest absolute Gasteiger partial charge is 0.505 e. The highest BCUT2D eigenvalue weighted by Gasteiger charge is 2.46. The van der Waals surface area contributed by atoms with Crippen LogP contribution in [0.4, 0.5) is 0 Å². The van der Waals surface area contributed by atoms with Gasteiger partial charge in [-0.2, -0.15) is 0 Å². The predicted molar refractivity (Wildman–Crippen MR) is 128 cm³/mol.